The predicted molar refractivity (Wildman–Crippen MR) is 116 cm³/mol. The Morgan fingerprint density at radius 2 is 1.23 bits per heavy atom. The Morgan fingerprint density at radius 1 is 0.846 bits per heavy atom. The van der Waals surface area contributed by atoms with Gasteiger partial charge in [-0.1, -0.05) is 13.2 Å². The van der Waals surface area contributed by atoms with Crippen LogP contribution in [0.25, 0.3) is 0 Å². The van der Waals surface area contributed by atoms with Crippen molar-refractivity contribution in [1.82, 2.24) is 0 Å². The Labute approximate surface area is 173 Å². The zero-order valence-electron chi connectivity index (χ0n) is 15.2. The monoisotopic (exact) mass is 434 g/mol. The number of hydrogen-bond acceptors (Lipinski definition) is 8. The molecule has 8 heteroatoms. The van der Waals surface area contributed by atoms with E-state index < -0.39 is 0 Å². The lowest BCUT2D eigenvalue weighted by Crippen LogP contribution is -2.16. The molecule has 0 aliphatic carbocycles. The lowest BCUT2D eigenvalue weighted by molar-refractivity contribution is -0.139. The van der Waals surface area contributed by atoms with Crippen LogP contribution in [0.5, 0.6) is 0 Å². The van der Waals surface area contributed by atoms with Crippen molar-refractivity contribution in [1.29, 1.82) is 0 Å². The highest BCUT2D eigenvalue weighted by Crippen LogP contribution is 2.45. The second-order valence-electron chi connectivity index (χ2n) is 6.38. The van der Waals surface area contributed by atoms with Gasteiger partial charge in [0.15, 0.2) is 0 Å². The molecule has 0 bridgehead atoms. The van der Waals surface area contributed by atoms with Crippen LogP contribution < -0.4 is 0 Å². The van der Waals surface area contributed by atoms with Crippen LogP contribution in [0.1, 0.15) is 26.7 Å². The van der Waals surface area contributed by atoms with Crippen molar-refractivity contribution in [3.8, 4) is 0 Å². The molecule has 2 fully saturated rings. The summed E-state index contributed by atoms with van der Waals surface area (Å²) in [5.74, 6) is 1.47. The fourth-order valence-corrected chi connectivity index (χ4v) is 8.84. The average Bonchev–Trinajstić information content (AvgIpc) is 3.24. The first-order valence-corrected chi connectivity index (χ1v) is 12.5. The van der Waals surface area contributed by atoms with Crippen LogP contribution in [0, 0.1) is 0 Å². The molecule has 4 unspecified atom stereocenters. The summed E-state index contributed by atoms with van der Waals surface area (Å²) in [6.07, 6.45) is 2.31. The van der Waals surface area contributed by atoms with Gasteiger partial charge in [0.1, 0.15) is 13.2 Å². The largest absolute Gasteiger partial charge is 0.461 e. The first-order chi connectivity index (χ1) is 12.3. The summed E-state index contributed by atoms with van der Waals surface area (Å²) >= 11 is 7.78. The Balaban J connectivity index is 1.59. The summed E-state index contributed by atoms with van der Waals surface area (Å²) in [7, 11) is 0. The van der Waals surface area contributed by atoms with Crippen LogP contribution in [0.3, 0.4) is 0 Å². The van der Waals surface area contributed by atoms with Gasteiger partial charge in [0.25, 0.3) is 0 Å². The van der Waals surface area contributed by atoms with E-state index in [1.165, 1.54) is 0 Å². The van der Waals surface area contributed by atoms with Crippen LogP contribution in [0.15, 0.2) is 24.3 Å². The van der Waals surface area contributed by atoms with Crippen LogP contribution >= 0.6 is 47.0 Å². The molecular weight excluding hydrogens is 408 g/mol. The van der Waals surface area contributed by atoms with E-state index in [0.717, 1.165) is 24.3 Å². The van der Waals surface area contributed by atoms with E-state index in [0.29, 0.717) is 44.0 Å². The Kier molecular flexibility index (Phi) is 9.33. The van der Waals surface area contributed by atoms with Gasteiger partial charge in [-0.3, -0.25) is 0 Å². The normalized spacial score (nSPS) is 27.9. The smallest absolute Gasteiger partial charge is 0.333 e. The van der Waals surface area contributed by atoms with E-state index in [-0.39, 0.29) is 11.9 Å². The minimum atomic E-state index is -0.295. The van der Waals surface area contributed by atoms with Crippen molar-refractivity contribution in [3.05, 3.63) is 24.3 Å². The second kappa shape index (κ2) is 11.0. The molecule has 2 rings (SSSR count). The number of ether oxygens (including phenoxy) is 2. The molecule has 2 heterocycles. The van der Waals surface area contributed by atoms with Crippen molar-refractivity contribution in [2.75, 3.05) is 24.7 Å². The fraction of sp³-hybridized carbons (Fsp3) is 0.667. The van der Waals surface area contributed by atoms with Gasteiger partial charge in [-0.2, -0.15) is 0 Å². The number of thioether (sulfide) groups is 4. The predicted octanol–water partition coefficient (Wildman–Crippen LogP) is 4.35. The van der Waals surface area contributed by atoms with Crippen LogP contribution in [0.4, 0.5) is 0 Å². The fourth-order valence-electron chi connectivity index (χ4n) is 2.35. The van der Waals surface area contributed by atoms with Gasteiger partial charge >= 0.3 is 11.9 Å². The molecule has 0 spiro atoms. The molecule has 146 valence electrons. The number of hydrogen-bond donors (Lipinski definition) is 0. The Hall–Kier alpha value is -0.180. The highest BCUT2D eigenvalue weighted by Gasteiger charge is 2.31. The van der Waals surface area contributed by atoms with Crippen molar-refractivity contribution < 1.29 is 19.1 Å². The van der Waals surface area contributed by atoms with Gasteiger partial charge in [0.2, 0.25) is 0 Å². The maximum absolute atomic E-state index is 11.5. The number of rotatable bonds is 9. The van der Waals surface area contributed by atoms with E-state index in [1.807, 2.05) is 47.0 Å². The molecule has 2 aliphatic heterocycles. The maximum Gasteiger partial charge on any atom is 0.333 e. The zero-order chi connectivity index (χ0) is 19.1. The molecule has 0 aromatic rings. The van der Waals surface area contributed by atoms with Gasteiger partial charge < -0.3 is 9.47 Å². The van der Waals surface area contributed by atoms with Crippen molar-refractivity contribution in [2.45, 2.75) is 46.4 Å². The summed E-state index contributed by atoms with van der Waals surface area (Å²) in [5, 5.41) is 0.762. The summed E-state index contributed by atoms with van der Waals surface area (Å²) in [6.45, 7) is 11.5. The van der Waals surface area contributed by atoms with Gasteiger partial charge in [0, 0.05) is 33.2 Å². The van der Waals surface area contributed by atoms with Crippen molar-refractivity contribution in [3.63, 3.8) is 0 Å². The van der Waals surface area contributed by atoms with Crippen molar-refractivity contribution >= 4 is 59.0 Å². The summed E-state index contributed by atoms with van der Waals surface area (Å²) in [5.41, 5.74) is 0.909. The van der Waals surface area contributed by atoms with E-state index in [9.17, 15) is 9.59 Å². The molecule has 0 N–H and O–H groups in total. The van der Waals surface area contributed by atoms with E-state index in [2.05, 4.69) is 13.2 Å². The highest BCUT2D eigenvalue weighted by molar-refractivity contribution is 8.21. The van der Waals surface area contributed by atoms with E-state index in [4.69, 9.17) is 9.47 Å². The Bertz CT molecular complexity index is 503. The van der Waals surface area contributed by atoms with Crippen LogP contribution in [-0.4, -0.2) is 56.3 Å². The number of esters is 2. The van der Waals surface area contributed by atoms with Gasteiger partial charge in [-0.25, -0.2) is 9.59 Å². The molecule has 0 aromatic heterocycles. The molecule has 0 amide bonds. The second-order valence-corrected chi connectivity index (χ2v) is 12.5. The molecule has 2 aliphatic rings. The van der Waals surface area contributed by atoms with Crippen LogP contribution in [-0.2, 0) is 19.1 Å². The third-order valence-electron chi connectivity index (χ3n) is 3.76. The molecule has 2 saturated heterocycles. The molecule has 4 atom stereocenters. The molecule has 0 saturated carbocycles. The Morgan fingerprint density at radius 3 is 1.58 bits per heavy atom. The molecule has 0 aromatic carbocycles. The average molecular weight is 435 g/mol. The first kappa shape index (κ1) is 22.1. The third kappa shape index (κ3) is 7.44. The summed E-state index contributed by atoms with van der Waals surface area (Å²) in [4.78, 5) is 22.9. The topological polar surface area (TPSA) is 52.6 Å². The van der Waals surface area contributed by atoms with Crippen LogP contribution in [0.2, 0.25) is 0 Å². The molecule has 4 nitrogen and oxygen atoms in total. The highest BCUT2D eigenvalue weighted by atomic mass is 32.2. The molecular formula is C18H26O4S4. The van der Waals surface area contributed by atoms with Gasteiger partial charge in [0.05, 0.1) is 9.16 Å². The molecule has 26 heavy (non-hydrogen) atoms. The van der Waals surface area contributed by atoms with Gasteiger partial charge in [-0.05, 0) is 26.7 Å². The quantitative estimate of drug-likeness (QED) is 0.392. The summed E-state index contributed by atoms with van der Waals surface area (Å²) < 4.78 is 11.7. The lowest BCUT2D eigenvalue weighted by atomic mass is 10.4. The number of carbonyl (C=O) groups excluding carboxylic acids is 2. The minimum absolute atomic E-state index is 0.295. The summed E-state index contributed by atoms with van der Waals surface area (Å²) in [6, 6.07) is 0. The van der Waals surface area contributed by atoms with Gasteiger partial charge in [-0.15, -0.1) is 47.0 Å². The lowest BCUT2D eigenvalue weighted by Gasteiger charge is -2.14. The van der Waals surface area contributed by atoms with Crippen molar-refractivity contribution in [2.24, 2.45) is 0 Å². The zero-order valence-corrected chi connectivity index (χ0v) is 18.5. The minimum Gasteiger partial charge on any atom is -0.461 e. The first-order valence-electron chi connectivity index (χ1n) is 8.54. The number of carbonyl (C=O) groups is 2. The van der Waals surface area contributed by atoms with E-state index >= 15 is 0 Å². The third-order valence-corrected chi connectivity index (χ3v) is 10.5. The molecule has 0 radical (unpaired) electrons. The van der Waals surface area contributed by atoms with E-state index in [1.54, 1.807) is 13.8 Å². The standard InChI is InChI=1S/C18H26O4S4/c1-11(2)17(19)21-7-13-9-23-15(25-13)5-6-16-24-10-14(26-16)8-22-18(20)12(3)4/h13-16H,1,3,5-10H2,2,4H3. The SMILES string of the molecule is C=C(C)C(=O)OCC1CSC(CCC2SCC(COC(=O)C(=C)C)S2)S1. The maximum atomic E-state index is 11.5.